The molecule has 3 unspecified atom stereocenters. The SMILES string of the molecule is C#CCN=C1NC(=O)SC1=CC1CC2CCCC1CN2Cc1ccc(C(F)(F)F)cc1C(F)(F)F. The van der Waals surface area contributed by atoms with Crippen LogP contribution in [0.15, 0.2) is 34.2 Å². The Morgan fingerprint density at radius 3 is 2.66 bits per heavy atom. The van der Waals surface area contributed by atoms with Crippen LogP contribution in [0.25, 0.3) is 0 Å². The Hall–Kier alpha value is -2.45. The minimum absolute atomic E-state index is 0.0138. The lowest BCUT2D eigenvalue weighted by Crippen LogP contribution is -2.44. The summed E-state index contributed by atoms with van der Waals surface area (Å²) < 4.78 is 80.0. The number of aliphatic imine (C=N–C) groups is 1. The van der Waals surface area contributed by atoms with Crippen molar-refractivity contribution in [1.29, 1.82) is 0 Å². The third-order valence-corrected chi connectivity index (χ3v) is 7.55. The van der Waals surface area contributed by atoms with E-state index in [2.05, 4.69) is 16.2 Å². The molecule has 0 spiro atoms. The van der Waals surface area contributed by atoms with Gasteiger partial charge in [0, 0.05) is 19.1 Å². The van der Waals surface area contributed by atoms with Gasteiger partial charge in [-0.05, 0) is 60.6 Å². The van der Waals surface area contributed by atoms with Gasteiger partial charge in [-0.15, -0.1) is 6.42 Å². The Labute approximate surface area is 203 Å². The van der Waals surface area contributed by atoms with Gasteiger partial charge in [0.1, 0.15) is 12.4 Å². The number of carbonyl (C=O) groups excluding carboxylic acids is 1. The molecule has 4 aliphatic rings. The van der Waals surface area contributed by atoms with E-state index in [1.165, 1.54) is 0 Å². The first-order valence-electron chi connectivity index (χ1n) is 11.2. The van der Waals surface area contributed by atoms with E-state index in [1.54, 1.807) is 0 Å². The van der Waals surface area contributed by atoms with E-state index in [0.717, 1.165) is 37.1 Å². The second kappa shape index (κ2) is 9.90. The second-order valence-corrected chi connectivity index (χ2v) is 9.97. The first-order chi connectivity index (χ1) is 16.5. The summed E-state index contributed by atoms with van der Waals surface area (Å²) in [6.07, 6.45) is 0.802. The number of hydrogen-bond donors (Lipinski definition) is 1. The maximum absolute atomic E-state index is 13.6. The summed E-state index contributed by atoms with van der Waals surface area (Å²) in [6, 6.07) is 1.85. The lowest BCUT2D eigenvalue weighted by atomic mass is 9.82. The summed E-state index contributed by atoms with van der Waals surface area (Å²) in [6.45, 7) is 0.591. The molecule has 1 saturated carbocycles. The number of halogens is 6. The Morgan fingerprint density at radius 2 is 1.97 bits per heavy atom. The molecule has 3 aliphatic heterocycles. The van der Waals surface area contributed by atoms with Gasteiger partial charge < -0.3 is 5.32 Å². The van der Waals surface area contributed by atoms with E-state index in [-0.39, 0.29) is 47.8 Å². The number of thioether (sulfide) groups is 1. The zero-order valence-electron chi connectivity index (χ0n) is 18.5. The smallest absolute Gasteiger partial charge is 0.300 e. The van der Waals surface area contributed by atoms with Gasteiger partial charge in [0.25, 0.3) is 5.24 Å². The van der Waals surface area contributed by atoms with Gasteiger partial charge >= 0.3 is 12.4 Å². The van der Waals surface area contributed by atoms with E-state index < -0.39 is 23.5 Å². The van der Waals surface area contributed by atoms with Gasteiger partial charge in [0.2, 0.25) is 0 Å². The van der Waals surface area contributed by atoms with E-state index in [4.69, 9.17) is 6.42 Å². The predicted molar refractivity (Wildman–Crippen MR) is 121 cm³/mol. The van der Waals surface area contributed by atoms with Crippen LogP contribution >= 0.6 is 11.8 Å². The summed E-state index contributed by atoms with van der Waals surface area (Å²) in [4.78, 5) is 18.7. The van der Waals surface area contributed by atoms with Crippen LogP contribution in [0.4, 0.5) is 31.1 Å². The number of nitrogens with zero attached hydrogens (tertiary/aromatic N) is 2. The van der Waals surface area contributed by atoms with Crippen LogP contribution in [-0.2, 0) is 18.9 Å². The van der Waals surface area contributed by atoms with Crippen molar-refractivity contribution in [2.24, 2.45) is 16.8 Å². The summed E-state index contributed by atoms with van der Waals surface area (Å²) >= 11 is 1.04. The summed E-state index contributed by atoms with van der Waals surface area (Å²) in [5.41, 5.74) is -2.71. The van der Waals surface area contributed by atoms with Gasteiger partial charge in [0.15, 0.2) is 0 Å². The van der Waals surface area contributed by atoms with Crippen LogP contribution in [0.2, 0.25) is 0 Å². The molecule has 11 heteroatoms. The highest BCUT2D eigenvalue weighted by atomic mass is 32.2. The quantitative estimate of drug-likeness (QED) is 0.390. The van der Waals surface area contributed by atoms with Gasteiger partial charge in [-0.25, -0.2) is 0 Å². The number of alkyl halides is 6. The number of piperidine rings is 1. The molecule has 1 aromatic rings. The zero-order chi connectivity index (χ0) is 25.4. The second-order valence-electron chi connectivity index (χ2n) is 8.96. The average Bonchev–Trinajstić information content (AvgIpc) is 2.90. The van der Waals surface area contributed by atoms with Gasteiger partial charge in [-0.1, -0.05) is 24.5 Å². The van der Waals surface area contributed by atoms with E-state index >= 15 is 0 Å². The topological polar surface area (TPSA) is 44.7 Å². The molecule has 3 atom stereocenters. The van der Waals surface area contributed by atoms with Crippen molar-refractivity contribution in [3.63, 3.8) is 0 Å². The van der Waals surface area contributed by atoms with Crippen molar-refractivity contribution in [2.45, 2.75) is 50.6 Å². The van der Waals surface area contributed by atoms with Crippen LogP contribution in [0, 0.1) is 24.2 Å². The highest BCUT2D eigenvalue weighted by molar-refractivity contribution is 8.18. The molecule has 35 heavy (non-hydrogen) atoms. The molecule has 2 bridgehead atoms. The standard InChI is InChI=1S/C24H23F6N3OS/c1-2-8-31-21-20(35-22(34)32-21)10-16-9-18-5-3-4-14(16)12-33(18)13-15-6-7-17(23(25,26)27)11-19(15)24(28,29)30/h1,6-7,10-11,14,16,18H,3-5,8-9,12-13H2,(H,31,32,34). The first-order valence-corrected chi connectivity index (χ1v) is 12.0. The molecule has 3 heterocycles. The third-order valence-electron chi connectivity index (χ3n) is 6.71. The molecule has 1 N–H and O–H groups in total. The van der Waals surface area contributed by atoms with Crippen molar-refractivity contribution < 1.29 is 31.1 Å². The number of amides is 1. The summed E-state index contributed by atoms with van der Waals surface area (Å²) in [7, 11) is 0. The van der Waals surface area contributed by atoms with Crippen molar-refractivity contribution in [1.82, 2.24) is 10.2 Å². The molecule has 5 rings (SSSR count). The maximum Gasteiger partial charge on any atom is 0.416 e. The Balaban J connectivity index is 1.56. The number of fused-ring (bicyclic) bond motifs is 4. The molecule has 0 radical (unpaired) electrons. The average molecular weight is 516 g/mol. The van der Waals surface area contributed by atoms with Crippen molar-refractivity contribution >= 4 is 22.8 Å². The lowest BCUT2D eigenvalue weighted by molar-refractivity contribution is -0.143. The normalized spacial score (nSPS) is 27.8. The Bertz CT molecular complexity index is 1090. The Kier molecular flexibility index (Phi) is 7.25. The molecule has 4 nitrogen and oxygen atoms in total. The van der Waals surface area contributed by atoms with Crippen LogP contribution in [0.1, 0.15) is 42.4 Å². The van der Waals surface area contributed by atoms with E-state index in [1.807, 2.05) is 11.0 Å². The van der Waals surface area contributed by atoms with Crippen LogP contribution < -0.4 is 5.32 Å². The highest BCUT2D eigenvalue weighted by Gasteiger charge is 2.41. The number of carbonyl (C=O) groups is 1. The number of benzene rings is 1. The van der Waals surface area contributed by atoms with E-state index in [9.17, 15) is 31.1 Å². The van der Waals surface area contributed by atoms with Gasteiger partial charge in [-0.3, -0.25) is 14.7 Å². The Morgan fingerprint density at radius 1 is 1.20 bits per heavy atom. The number of rotatable bonds is 4. The monoisotopic (exact) mass is 515 g/mol. The fourth-order valence-corrected chi connectivity index (χ4v) is 5.92. The lowest BCUT2D eigenvalue weighted by Gasteiger charge is -2.41. The maximum atomic E-state index is 13.6. The molecule has 4 fully saturated rings. The summed E-state index contributed by atoms with van der Waals surface area (Å²) in [5.74, 6) is 3.10. The van der Waals surface area contributed by atoms with Crippen LogP contribution in [0.5, 0.6) is 0 Å². The molecule has 1 aliphatic carbocycles. The molecule has 188 valence electrons. The molecule has 3 saturated heterocycles. The van der Waals surface area contributed by atoms with Crippen LogP contribution in [-0.4, -0.2) is 35.1 Å². The molecule has 1 aromatic carbocycles. The van der Waals surface area contributed by atoms with Crippen molar-refractivity contribution in [2.75, 3.05) is 13.1 Å². The van der Waals surface area contributed by atoms with Gasteiger partial charge in [-0.2, -0.15) is 26.3 Å². The summed E-state index contributed by atoms with van der Waals surface area (Å²) in [5, 5.41) is 2.44. The number of nitrogens with one attached hydrogen (secondary N) is 1. The zero-order valence-corrected chi connectivity index (χ0v) is 19.4. The minimum Gasteiger partial charge on any atom is -0.300 e. The van der Waals surface area contributed by atoms with Crippen molar-refractivity contribution in [3.05, 3.63) is 45.9 Å². The molecular formula is C24H23F6N3OS. The molecular weight excluding hydrogens is 492 g/mol. The third kappa shape index (κ3) is 5.86. The highest BCUT2D eigenvalue weighted by Crippen LogP contribution is 2.43. The van der Waals surface area contributed by atoms with E-state index in [0.29, 0.717) is 29.8 Å². The molecule has 0 aromatic heterocycles. The minimum atomic E-state index is -4.89. The predicted octanol–water partition coefficient (Wildman–Crippen LogP) is 6.09. The number of terminal acetylenes is 1. The molecule has 1 amide bonds. The van der Waals surface area contributed by atoms with Crippen molar-refractivity contribution in [3.8, 4) is 12.3 Å². The van der Waals surface area contributed by atoms with Crippen LogP contribution in [0.3, 0.4) is 0 Å². The fraction of sp³-hybridized carbons (Fsp3) is 0.500. The largest absolute Gasteiger partial charge is 0.416 e. The number of amidine groups is 1. The fourth-order valence-electron chi connectivity index (χ4n) is 5.12. The number of allylic oxidation sites excluding steroid dienone is 1. The first kappa shape index (κ1) is 25.6. The van der Waals surface area contributed by atoms with Gasteiger partial charge in [0.05, 0.1) is 16.0 Å². The number of hydrogen-bond acceptors (Lipinski definition) is 4.